The fourth-order valence-corrected chi connectivity index (χ4v) is 4.11. The van der Waals surface area contributed by atoms with Crippen molar-refractivity contribution in [1.29, 1.82) is 0 Å². The minimum Gasteiger partial charge on any atom is -0.504 e. The molecule has 1 aliphatic rings. The van der Waals surface area contributed by atoms with Gasteiger partial charge in [-0.05, 0) is 47.5 Å². The molecule has 12 nitrogen and oxygen atoms in total. The molecule has 1 saturated carbocycles. The summed E-state index contributed by atoms with van der Waals surface area (Å²) in [5, 5.41) is 48.9. The Morgan fingerprint density at radius 3 is 2.00 bits per heavy atom. The standard InChI is InChI=1S/C27H28O12/c1-36-26(35)27(37-2)13-17(25(34)38-10-9-16-4-7-19(29)21(31)12-16)24(33)22(14-27)39-23(32)8-5-15-3-6-18(28)20(30)11-15/h3-12,17,22,24,28-31,33H,13-14H2,1-2H3/b8-5+,10-9-/t17-,22-,24+,27-/m1/s1. The molecule has 5 N–H and O–H groups in total. The quantitative estimate of drug-likeness (QED) is 0.107. The molecule has 0 heterocycles. The van der Waals surface area contributed by atoms with E-state index in [2.05, 4.69) is 0 Å². The van der Waals surface area contributed by atoms with Gasteiger partial charge in [0.05, 0.1) is 19.3 Å². The summed E-state index contributed by atoms with van der Waals surface area (Å²) in [6.07, 6.45) is 1.01. The summed E-state index contributed by atoms with van der Waals surface area (Å²) in [4.78, 5) is 38.0. The van der Waals surface area contributed by atoms with Crippen molar-refractivity contribution in [2.75, 3.05) is 14.2 Å². The van der Waals surface area contributed by atoms with Gasteiger partial charge in [-0.1, -0.05) is 12.1 Å². The fourth-order valence-electron chi connectivity index (χ4n) is 4.11. The maximum Gasteiger partial charge on any atom is 0.338 e. The summed E-state index contributed by atoms with van der Waals surface area (Å²) in [5.41, 5.74) is -0.979. The van der Waals surface area contributed by atoms with Crippen molar-refractivity contribution in [3.63, 3.8) is 0 Å². The van der Waals surface area contributed by atoms with Crippen LogP contribution < -0.4 is 0 Å². The molecule has 0 radical (unpaired) electrons. The highest BCUT2D eigenvalue weighted by Gasteiger charge is 2.55. The van der Waals surface area contributed by atoms with Crippen LogP contribution in [0.5, 0.6) is 23.0 Å². The molecule has 208 valence electrons. The monoisotopic (exact) mass is 544 g/mol. The molecule has 0 bridgehead atoms. The summed E-state index contributed by atoms with van der Waals surface area (Å²) >= 11 is 0. The largest absolute Gasteiger partial charge is 0.504 e. The maximum absolute atomic E-state index is 12.9. The average Bonchev–Trinajstić information content (AvgIpc) is 2.92. The molecular formula is C27H28O12. The second-order valence-corrected chi connectivity index (χ2v) is 8.74. The third-order valence-electron chi connectivity index (χ3n) is 6.25. The smallest absolute Gasteiger partial charge is 0.338 e. The summed E-state index contributed by atoms with van der Waals surface area (Å²) in [6.45, 7) is 0. The van der Waals surface area contributed by atoms with E-state index in [-0.39, 0.29) is 30.1 Å². The lowest BCUT2D eigenvalue weighted by atomic mass is 9.74. The van der Waals surface area contributed by atoms with E-state index in [9.17, 15) is 39.9 Å². The number of ether oxygens (including phenoxy) is 4. The molecule has 12 heteroatoms. The van der Waals surface area contributed by atoms with Crippen LogP contribution in [0.25, 0.3) is 12.2 Å². The Morgan fingerprint density at radius 2 is 1.46 bits per heavy atom. The van der Waals surface area contributed by atoms with Crippen LogP contribution in [0.1, 0.15) is 24.0 Å². The van der Waals surface area contributed by atoms with E-state index in [1.165, 1.54) is 55.7 Å². The number of esters is 3. The Kier molecular flexibility index (Phi) is 9.17. The van der Waals surface area contributed by atoms with Gasteiger partial charge in [-0.25, -0.2) is 9.59 Å². The lowest BCUT2D eigenvalue weighted by molar-refractivity contribution is -0.200. The number of rotatable bonds is 8. The van der Waals surface area contributed by atoms with Gasteiger partial charge in [0, 0.05) is 26.0 Å². The predicted molar refractivity (Wildman–Crippen MR) is 134 cm³/mol. The Hall–Kier alpha value is -4.55. The molecule has 2 aromatic rings. The number of hydrogen-bond donors (Lipinski definition) is 5. The molecule has 0 unspecified atom stereocenters. The van der Waals surface area contributed by atoms with Gasteiger partial charge in [0.25, 0.3) is 0 Å². The molecule has 1 aliphatic carbocycles. The Balaban J connectivity index is 1.78. The van der Waals surface area contributed by atoms with Crippen molar-refractivity contribution in [3.8, 4) is 23.0 Å². The number of phenols is 4. The highest BCUT2D eigenvalue weighted by molar-refractivity contribution is 5.88. The number of carbonyl (C=O) groups excluding carboxylic acids is 3. The third-order valence-corrected chi connectivity index (χ3v) is 6.25. The first-order valence-electron chi connectivity index (χ1n) is 11.6. The predicted octanol–water partition coefficient (Wildman–Crippen LogP) is 1.98. The first-order valence-corrected chi connectivity index (χ1v) is 11.6. The second kappa shape index (κ2) is 12.3. The van der Waals surface area contributed by atoms with E-state index < -0.39 is 47.4 Å². The summed E-state index contributed by atoms with van der Waals surface area (Å²) in [6, 6.07) is 7.78. The summed E-state index contributed by atoms with van der Waals surface area (Å²) in [5.74, 6) is -5.54. The van der Waals surface area contributed by atoms with E-state index in [1.807, 2.05) is 0 Å². The van der Waals surface area contributed by atoms with Crippen LogP contribution in [0.15, 0.2) is 48.7 Å². The van der Waals surface area contributed by atoms with Crippen molar-refractivity contribution >= 4 is 30.1 Å². The number of benzene rings is 2. The number of hydrogen-bond acceptors (Lipinski definition) is 12. The fraction of sp³-hybridized carbons (Fsp3) is 0.296. The molecule has 0 amide bonds. The third kappa shape index (κ3) is 6.86. The van der Waals surface area contributed by atoms with Gasteiger partial charge in [-0.2, -0.15) is 0 Å². The molecule has 0 saturated heterocycles. The van der Waals surface area contributed by atoms with E-state index >= 15 is 0 Å². The molecule has 1 fully saturated rings. The number of aromatic hydroxyl groups is 4. The average molecular weight is 545 g/mol. The number of aliphatic hydroxyl groups excluding tert-OH is 1. The molecule has 2 aromatic carbocycles. The van der Waals surface area contributed by atoms with Crippen molar-refractivity contribution in [2.45, 2.75) is 30.7 Å². The van der Waals surface area contributed by atoms with Gasteiger partial charge in [-0.15, -0.1) is 0 Å². The minimum atomic E-state index is -1.73. The summed E-state index contributed by atoms with van der Waals surface area (Å²) in [7, 11) is 2.33. The van der Waals surface area contributed by atoms with Gasteiger partial charge in [-0.3, -0.25) is 4.79 Å². The zero-order valence-corrected chi connectivity index (χ0v) is 21.0. The Labute approximate surface area is 222 Å². The van der Waals surface area contributed by atoms with Crippen LogP contribution in [-0.4, -0.2) is 75.5 Å². The Morgan fingerprint density at radius 1 is 0.872 bits per heavy atom. The maximum atomic E-state index is 12.9. The van der Waals surface area contributed by atoms with Crippen LogP contribution in [0.2, 0.25) is 0 Å². The lowest BCUT2D eigenvalue weighted by Crippen LogP contribution is -2.58. The molecule has 3 rings (SSSR count). The first-order chi connectivity index (χ1) is 18.5. The highest BCUT2D eigenvalue weighted by Crippen LogP contribution is 2.39. The van der Waals surface area contributed by atoms with Crippen LogP contribution in [0, 0.1) is 5.92 Å². The van der Waals surface area contributed by atoms with Gasteiger partial charge < -0.3 is 44.5 Å². The zero-order chi connectivity index (χ0) is 28.7. The molecule has 0 aliphatic heterocycles. The van der Waals surface area contributed by atoms with Crippen LogP contribution in [-0.2, 0) is 33.3 Å². The molecule has 4 atom stereocenters. The number of aliphatic hydroxyl groups is 1. The van der Waals surface area contributed by atoms with Crippen LogP contribution in [0.3, 0.4) is 0 Å². The van der Waals surface area contributed by atoms with Gasteiger partial charge in [0.1, 0.15) is 12.2 Å². The SMILES string of the molecule is COC(=O)[C@]1(OC)C[C@@H](OC(=O)/C=C/c2ccc(O)c(O)c2)[C@@H](O)[C@H](C(=O)O/C=C\c2ccc(O)c(O)c2)C1. The highest BCUT2D eigenvalue weighted by atomic mass is 16.6. The molecule has 0 aromatic heterocycles. The molecule has 0 spiro atoms. The van der Waals surface area contributed by atoms with Crippen molar-refractivity contribution in [2.24, 2.45) is 5.92 Å². The van der Waals surface area contributed by atoms with Crippen LogP contribution in [0.4, 0.5) is 0 Å². The van der Waals surface area contributed by atoms with Crippen molar-refractivity contribution in [3.05, 3.63) is 59.9 Å². The Bertz CT molecular complexity index is 1280. The first kappa shape index (κ1) is 29.0. The molecular weight excluding hydrogens is 516 g/mol. The lowest BCUT2D eigenvalue weighted by Gasteiger charge is -2.42. The van der Waals surface area contributed by atoms with Crippen molar-refractivity contribution < 1.29 is 58.9 Å². The zero-order valence-electron chi connectivity index (χ0n) is 21.0. The minimum absolute atomic E-state index is 0.316. The van der Waals surface area contributed by atoms with Crippen LogP contribution >= 0.6 is 0 Å². The van der Waals surface area contributed by atoms with E-state index in [4.69, 9.17) is 18.9 Å². The van der Waals surface area contributed by atoms with Gasteiger partial charge in [0.2, 0.25) is 0 Å². The summed E-state index contributed by atoms with van der Waals surface area (Å²) < 4.78 is 20.7. The normalized spacial score (nSPS) is 23.0. The number of carbonyl (C=O) groups is 3. The topological polar surface area (TPSA) is 189 Å². The second-order valence-electron chi connectivity index (χ2n) is 8.74. The van der Waals surface area contributed by atoms with Crippen molar-refractivity contribution in [1.82, 2.24) is 0 Å². The van der Waals surface area contributed by atoms with Gasteiger partial charge >= 0.3 is 17.9 Å². The van der Waals surface area contributed by atoms with E-state index in [0.29, 0.717) is 11.1 Å². The van der Waals surface area contributed by atoms with E-state index in [0.717, 1.165) is 19.4 Å². The number of phenolic OH excluding ortho intramolecular Hbond substituents is 4. The molecule has 39 heavy (non-hydrogen) atoms. The van der Waals surface area contributed by atoms with Gasteiger partial charge in [0.15, 0.2) is 28.6 Å². The number of methoxy groups -OCH3 is 2. The van der Waals surface area contributed by atoms with E-state index in [1.54, 1.807) is 0 Å².